The summed E-state index contributed by atoms with van der Waals surface area (Å²) in [5.74, 6) is -0.0399. The Labute approximate surface area is 117 Å². The van der Waals surface area contributed by atoms with Crippen LogP contribution in [0.2, 0.25) is 0 Å². The van der Waals surface area contributed by atoms with Crippen LogP contribution in [0.5, 0.6) is 0 Å². The van der Waals surface area contributed by atoms with Gasteiger partial charge >= 0.3 is 0 Å². The molecule has 0 aliphatic heterocycles. The molecule has 1 aromatic carbocycles. The van der Waals surface area contributed by atoms with Gasteiger partial charge in [-0.3, -0.25) is 0 Å². The van der Waals surface area contributed by atoms with Gasteiger partial charge in [-0.05, 0) is 47.0 Å². The maximum Gasteiger partial charge on any atom is 0.216 e. The van der Waals surface area contributed by atoms with E-state index in [-0.39, 0.29) is 11.8 Å². The average molecular weight is 296 g/mol. The van der Waals surface area contributed by atoms with Crippen LogP contribution in [-0.4, -0.2) is 8.42 Å². The third-order valence-corrected chi connectivity index (χ3v) is 4.86. The molecule has 0 amide bonds. The molecule has 1 unspecified atom stereocenters. The van der Waals surface area contributed by atoms with E-state index >= 15 is 0 Å². The van der Waals surface area contributed by atoms with Crippen molar-refractivity contribution >= 4 is 27.0 Å². The molecule has 0 radical (unpaired) electrons. The summed E-state index contributed by atoms with van der Waals surface area (Å²) >= 11 is 1.55. The first-order valence-electron chi connectivity index (χ1n) is 5.83. The quantitative estimate of drug-likeness (QED) is 0.833. The SMILES string of the molecule is CC(NS(=O)(=O)Cc1ccc(N)cc1)c1ccsc1. The second kappa shape index (κ2) is 5.73. The number of nitrogens with two attached hydrogens (primary N) is 1. The molecule has 4 nitrogen and oxygen atoms in total. The van der Waals surface area contributed by atoms with Crippen molar-refractivity contribution in [2.75, 3.05) is 5.73 Å². The first-order chi connectivity index (χ1) is 8.96. The van der Waals surface area contributed by atoms with E-state index in [0.717, 1.165) is 11.1 Å². The third-order valence-electron chi connectivity index (χ3n) is 2.74. The maximum atomic E-state index is 12.1. The summed E-state index contributed by atoms with van der Waals surface area (Å²) in [5, 5.41) is 3.87. The summed E-state index contributed by atoms with van der Waals surface area (Å²) in [6.45, 7) is 1.84. The maximum absolute atomic E-state index is 12.1. The second-order valence-corrected chi connectivity index (χ2v) is 6.93. The zero-order valence-corrected chi connectivity index (χ0v) is 12.2. The Balaban J connectivity index is 2.04. The largest absolute Gasteiger partial charge is 0.399 e. The van der Waals surface area contributed by atoms with Crippen LogP contribution < -0.4 is 10.5 Å². The lowest BCUT2D eigenvalue weighted by atomic mass is 10.2. The number of sulfonamides is 1. The van der Waals surface area contributed by atoms with Gasteiger partial charge in [0.05, 0.1) is 5.75 Å². The number of anilines is 1. The fourth-order valence-corrected chi connectivity index (χ4v) is 3.88. The molecular weight excluding hydrogens is 280 g/mol. The van der Waals surface area contributed by atoms with Gasteiger partial charge in [0.2, 0.25) is 10.0 Å². The molecule has 3 N–H and O–H groups in total. The van der Waals surface area contributed by atoms with Gasteiger partial charge in [0, 0.05) is 11.7 Å². The Hall–Kier alpha value is -1.37. The number of benzene rings is 1. The molecule has 0 spiro atoms. The summed E-state index contributed by atoms with van der Waals surface area (Å²) in [6.07, 6.45) is 0. The number of rotatable bonds is 5. The lowest BCUT2D eigenvalue weighted by Gasteiger charge is -2.13. The van der Waals surface area contributed by atoms with Crippen molar-refractivity contribution in [2.45, 2.75) is 18.7 Å². The number of thiophene rings is 1. The van der Waals surface area contributed by atoms with Gasteiger partial charge in [-0.1, -0.05) is 12.1 Å². The fourth-order valence-electron chi connectivity index (χ4n) is 1.73. The number of nitrogen functional groups attached to an aromatic ring is 1. The van der Waals surface area contributed by atoms with E-state index in [2.05, 4.69) is 4.72 Å². The van der Waals surface area contributed by atoms with E-state index in [9.17, 15) is 8.42 Å². The predicted molar refractivity (Wildman–Crippen MR) is 79.3 cm³/mol. The molecule has 0 aliphatic rings. The molecule has 1 atom stereocenters. The van der Waals surface area contributed by atoms with Crippen molar-refractivity contribution in [1.29, 1.82) is 0 Å². The topological polar surface area (TPSA) is 72.2 Å². The average Bonchev–Trinajstić information content (AvgIpc) is 2.85. The molecule has 2 aromatic rings. The molecule has 102 valence electrons. The minimum absolute atomic E-state index is 0.0399. The van der Waals surface area contributed by atoms with Gasteiger partial charge < -0.3 is 5.73 Å². The van der Waals surface area contributed by atoms with E-state index < -0.39 is 10.0 Å². The minimum atomic E-state index is -3.36. The molecule has 19 heavy (non-hydrogen) atoms. The molecule has 0 saturated heterocycles. The van der Waals surface area contributed by atoms with Crippen LogP contribution in [0.1, 0.15) is 24.1 Å². The van der Waals surface area contributed by atoms with Gasteiger partial charge in [-0.2, -0.15) is 11.3 Å². The van der Waals surface area contributed by atoms with E-state index in [1.807, 2.05) is 23.8 Å². The standard InChI is InChI=1S/C13H16N2O2S2/c1-10(12-6-7-18-8-12)15-19(16,17)9-11-2-4-13(14)5-3-11/h2-8,10,15H,9,14H2,1H3. The van der Waals surface area contributed by atoms with Crippen molar-refractivity contribution in [1.82, 2.24) is 4.72 Å². The van der Waals surface area contributed by atoms with Crippen molar-refractivity contribution in [3.63, 3.8) is 0 Å². The molecule has 6 heteroatoms. The molecule has 0 saturated carbocycles. The lowest BCUT2D eigenvalue weighted by Crippen LogP contribution is -2.27. The molecule has 1 aromatic heterocycles. The molecular formula is C13H16N2O2S2. The summed E-state index contributed by atoms with van der Waals surface area (Å²) in [6, 6.07) is 8.56. The lowest BCUT2D eigenvalue weighted by molar-refractivity contribution is 0.566. The van der Waals surface area contributed by atoms with Crippen LogP contribution in [0.15, 0.2) is 41.1 Å². The highest BCUT2D eigenvalue weighted by atomic mass is 32.2. The van der Waals surface area contributed by atoms with Crippen LogP contribution in [0, 0.1) is 0 Å². The van der Waals surface area contributed by atoms with Crippen molar-refractivity contribution in [3.8, 4) is 0 Å². The zero-order chi connectivity index (χ0) is 13.9. The Morgan fingerprint density at radius 3 is 2.53 bits per heavy atom. The molecule has 0 bridgehead atoms. The zero-order valence-electron chi connectivity index (χ0n) is 10.5. The van der Waals surface area contributed by atoms with Gasteiger partial charge in [-0.25, -0.2) is 13.1 Å². The van der Waals surface area contributed by atoms with E-state index in [1.165, 1.54) is 0 Å². The third kappa shape index (κ3) is 4.05. The normalized spacial score (nSPS) is 13.3. The molecule has 0 fully saturated rings. The number of nitrogens with one attached hydrogen (secondary N) is 1. The highest BCUT2D eigenvalue weighted by Crippen LogP contribution is 2.17. The highest BCUT2D eigenvalue weighted by Gasteiger charge is 2.16. The number of hydrogen-bond acceptors (Lipinski definition) is 4. The van der Waals surface area contributed by atoms with Crippen LogP contribution in [0.4, 0.5) is 5.69 Å². The first-order valence-corrected chi connectivity index (χ1v) is 8.42. The Kier molecular flexibility index (Phi) is 4.24. The van der Waals surface area contributed by atoms with Crippen LogP contribution >= 0.6 is 11.3 Å². The van der Waals surface area contributed by atoms with E-state index in [4.69, 9.17) is 5.73 Å². The van der Waals surface area contributed by atoms with Crippen LogP contribution in [0.3, 0.4) is 0 Å². The van der Waals surface area contributed by atoms with Gasteiger partial charge in [0.1, 0.15) is 0 Å². The van der Waals surface area contributed by atoms with Gasteiger partial charge in [-0.15, -0.1) is 0 Å². The highest BCUT2D eigenvalue weighted by molar-refractivity contribution is 7.88. The smallest absolute Gasteiger partial charge is 0.216 e. The van der Waals surface area contributed by atoms with Crippen molar-refractivity contribution in [3.05, 3.63) is 52.2 Å². The predicted octanol–water partition coefficient (Wildman–Crippen LogP) is 2.51. The fraction of sp³-hybridized carbons (Fsp3) is 0.231. The van der Waals surface area contributed by atoms with E-state index in [1.54, 1.807) is 35.6 Å². The van der Waals surface area contributed by atoms with E-state index in [0.29, 0.717) is 5.69 Å². The molecule has 1 heterocycles. The second-order valence-electron chi connectivity index (χ2n) is 4.40. The van der Waals surface area contributed by atoms with Crippen LogP contribution in [-0.2, 0) is 15.8 Å². The Morgan fingerprint density at radius 2 is 1.95 bits per heavy atom. The summed E-state index contributed by atoms with van der Waals surface area (Å²) in [5.41, 5.74) is 7.90. The summed E-state index contributed by atoms with van der Waals surface area (Å²) in [4.78, 5) is 0. The summed E-state index contributed by atoms with van der Waals surface area (Å²) < 4.78 is 26.8. The molecule has 0 aliphatic carbocycles. The monoisotopic (exact) mass is 296 g/mol. The first kappa shape index (κ1) is 14.0. The Bertz CT molecular complexity index is 619. The van der Waals surface area contributed by atoms with Crippen LogP contribution in [0.25, 0.3) is 0 Å². The van der Waals surface area contributed by atoms with Crippen molar-refractivity contribution in [2.24, 2.45) is 0 Å². The number of hydrogen-bond donors (Lipinski definition) is 2. The van der Waals surface area contributed by atoms with Crippen molar-refractivity contribution < 1.29 is 8.42 Å². The summed E-state index contributed by atoms with van der Waals surface area (Å²) in [7, 11) is -3.36. The Morgan fingerprint density at radius 1 is 1.26 bits per heavy atom. The van der Waals surface area contributed by atoms with Gasteiger partial charge in [0.25, 0.3) is 0 Å². The molecule has 2 rings (SSSR count). The minimum Gasteiger partial charge on any atom is -0.399 e. The van der Waals surface area contributed by atoms with Gasteiger partial charge in [0.15, 0.2) is 0 Å².